The predicted molar refractivity (Wildman–Crippen MR) is 127 cm³/mol. The van der Waals surface area contributed by atoms with Gasteiger partial charge in [0.2, 0.25) is 0 Å². The Labute approximate surface area is 193 Å². The van der Waals surface area contributed by atoms with E-state index in [2.05, 4.69) is 15.3 Å². The van der Waals surface area contributed by atoms with Gasteiger partial charge in [-0.15, -0.1) is 0 Å². The molecular weight excluding hydrogens is 414 g/mol. The summed E-state index contributed by atoms with van der Waals surface area (Å²) in [7, 11) is 0. The molecule has 33 heavy (non-hydrogen) atoms. The van der Waals surface area contributed by atoms with Gasteiger partial charge in [0.1, 0.15) is 12.3 Å². The minimum absolute atomic E-state index is 0.0222. The molecule has 6 nitrogen and oxygen atoms in total. The lowest BCUT2D eigenvalue weighted by atomic mass is 9.48. The van der Waals surface area contributed by atoms with Crippen LogP contribution >= 0.6 is 0 Å². The van der Waals surface area contributed by atoms with Crippen molar-refractivity contribution in [2.45, 2.75) is 44.8 Å². The fourth-order valence-corrected chi connectivity index (χ4v) is 7.08. The highest BCUT2D eigenvalue weighted by atomic mass is 16.5. The fraction of sp³-hybridized carbons (Fsp3) is 0.481. The Morgan fingerprint density at radius 2 is 1.94 bits per heavy atom. The Kier molecular flexibility index (Phi) is 5.23. The number of fused-ring (bicyclic) bond motifs is 1. The third-order valence-electron chi connectivity index (χ3n) is 8.28. The number of aromatic nitrogens is 2. The van der Waals surface area contributed by atoms with Crippen molar-refractivity contribution in [3.63, 3.8) is 0 Å². The lowest BCUT2D eigenvalue weighted by Crippen LogP contribution is -2.57. The minimum atomic E-state index is -0.0559. The number of hydrogen-bond donors (Lipinski definition) is 3. The first kappa shape index (κ1) is 20.9. The molecule has 6 heteroatoms. The number of pyridine rings is 1. The van der Waals surface area contributed by atoms with E-state index in [1.807, 2.05) is 42.6 Å². The normalized spacial score (nSPS) is 30.1. The zero-order valence-electron chi connectivity index (χ0n) is 18.8. The molecule has 2 aromatic heterocycles. The highest BCUT2D eigenvalue weighted by Crippen LogP contribution is 2.60. The summed E-state index contributed by atoms with van der Waals surface area (Å²) in [5.41, 5.74) is 3.44. The molecule has 2 unspecified atom stereocenters. The maximum Gasteiger partial charge on any atom is 0.192 e. The topological polar surface area (TPSA) is 87.2 Å². The van der Waals surface area contributed by atoms with E-state index in [-0.39, 0.29) is 17.8 Å². The van der Waals surface area contributed by atoms with Crippen molar-refractivity contribution in [1.29, 1.82) is 0 Å². The zero-order chi connectivity index (χ0) is 22.4. The van der Waals surface area contributed by atoms with Crippen molar-refractivity contribution in [2.24, 2.45) is 23.2 Å². The number of hydrogen-bond acceptors (Lipinski definition) is 5. The largest absolute Gasteiger partial charge is 0.396 e. The molecule has 1 aromatic carbocycles. The molecule has 5 atom stereocenters. The number of carbonyl (C=O) groups excluding carboxylic acids is 1. The molecule has 7 rings (SSSR count). The number of anilines is 1. The summed E-state index contributed by atoms with van der Waals surface area (Å²) in [6.45, 7) is 0.740. The van der Waals surface area contributed by atoms with E-state index in [1.165, 1.54) is 19.3 Å². The van der Waals surface area contributed by atoms with Gasteiger partial charge in [0.15, 0.2) is 5.78 Å². The van der Waals surface area contributed by atoms with Gasteiger partial charge in [0.25, 0.3) is 0 Å². The van der Waals surface area contributed by atoms with E-state index in [9.17, 15) is 9.90 Å². The molecule has 4 saturated carbocycles. The van der Waals surface area contributed by atoms with Gasteiger partial charge in [-0.2, -0.15) is 0 Å². The van der Waals surface area contributed by atoms with Gasteiger partial charge in [0, 0.05) is 30.4 Å². The number of Topliss-reactive ketones (excluding diaryl/α,β-unsaturated/α-hetero) is 1. The molecule has 2 heterocycles. The van der Waals surface area contributed by atoms with Crippen molar-refractivity contribution >= 4 is 22.5 Å². The minimum Gasteiger partial charge on any atom is -0.396 e. The van der Waals surface area contributed by atoms with E-state index in [4.69, 9.17) is 4.74 Å². The van der Waals surface area contributed by atoms with Crippen LogP contribution in [-0.4, -0.2) is 40.1 Å². The first-order valence-corrected chi connectivity index (χ1v) is 12.1. The zero-order valence-corrected chi connectivity index (χ0v) is 18.8. The fourth-order valence-electron chi connectivity index (χ4n) is 7.08. The van der Waals surface area contributed by atoms with E-state index >= 15 is 0 Å². The molecule has 4 aliphatic carbocycles. The molecule has 3 aromatic rings. The lowest BCUT2D eigenvalue weighted by Gasteiger charge is -2.60. The predicted octanol–water partition coefficient (Wildman–Crippen LogP) is 4.56. The highest BCUT2D eigenvalue weighted by Gasteiger charge is 2.55. The van der Waals surface area contributed by atoms with Crippen molar-refractivity contribution in [2.75, 3.05) is 18.5 Å². The number of benzene rings is 1. The summed E-state index contributed by atoms with van der Waals surface area (Å²) < 4.78 is 5.76. The number of aliphatic hydroxyl groups excluding tert-OH is 1. The quantitative estimate of drug-likeness (QED) is 0.443. The van der Waals surface area contributed by atoms with Crippen LogP contribution in [0.25, 0.3) is 11.0 Å². The highest BCUT2D eigenvalue weighted by molar-refractivity contribution is 6.08. The van der Waals surface area contributed by atoms with Gasteiger partial charge in [-0.3, -0.25) is 4.79 Å². The van der Waals surface area contributed by atoms with Crippen molar-refractivity contribution in [3.05, 3.63) is 59.9 Å². The number of nitrogens with one attached hydrogen (secondary N) is 2. The smallest absolute Gasteiger partial charge is 0.192 e. The number of H-pyrrole nitrogens is 1. The number of aliphatic hydroxyl groups is 1. The Morgan fingerprint density at radius 1 is 1.15 bits per heavy atom. The molecular formula is C27H31N3O3. The Balaban J connectivity index is 1.24. The second-order valence-electron chi connectivity index (χ2n) is 10.5. The van der Waals surface area contributed by atoms with E-state index in [0.717, 1.165) is 41.0 Å². The monoisotopic (exact) mass is 445 g/mol. The van der Waals surface area contributed by atoms with E-state index in [0.29, 0.717) is 36.7 Å². The van der Waals surface area contributed by atoms with Crippen LogP contribution in [0.3, 0.4) is 0 Å². The second kappa shape index (κ2) is 8.26. The first-order valence-electron chi connectivity index (χ1n) is 12.1. The number of carbonyl (C=O) groups is 1. The van der Waals surface area contributed by atoms with Gasteiger partial charge in [-0.25, -0.2) is 4.98 Å². The average Bonchev–Trinajstić information content (AvgIpc) is 3.31. The molecule has 4 aliphatic rings. The standard InChI is InChI=1S/C27H31N3O3/c31-16-27-10-18-8-19(11-27)24(20(9-18)12-27)30-25-21-6-7-28-26(21)29-13-22(25)23(32)15-33-14-17-4-2-1-3-5-17/h1-7,13,18-20,24,31H,8-12,14-16H2,(H2,28,29,30)/t18?,19-,20+,24?,27-. The summed E-state index contributed by atoms with van der Waals surface area (Å²) >= 11 is 0. The average molecular weight is 446 g/mol. The van der Waals surface area contributed by atoms with Crippen LogP contribution in [0.1, 0.15) is 48.0 Å². The number of ether oxygens (including phenoxy) is 1. The van der Waals surface area contributed by atoms with Crippen molar-refractivity contribution < 1.29 is 14.6 Å². The summed E-state index contributed by atoms with van der Waals surface area (Å²) in [5, 5.41) is 14.9. The van der Waals surface area contributed by atoms with Crippen molar-refractivity contribution in [3.8, 4) is 0 Å². The van der Waals surface area contributed by atoms with Crippen LogP contribution in [0.4, 0.5) is 5.69 Å². The van der Waals surface area contributed by atoms with Crippen molar-refractivity contribution in [1.82, 2.24) is 9.97 Å². The van der Waals surface area contributed by atoms with Crippen LogP contribution < -0.4 is 5.32 Å². The Morgan fingerprint density at radius 3 is 2.70 bits per heavy atom. The molecule has 4 fully saturated rings. The van der Waals surface area contributed by atoms with Crippen LogP contribution in [0, 0.1) is 23.2 Å². The summed E-state index contributed by atoms with van der Waals surface area (Å²) in [6.07, 6.45) is 9.35. The second-order valence-corrected chi connectivity index (χ2v) is 10.5. The van der Waals surface area contributed by atoms with Crippen LogP contribution in [-0.2, 0) is 11.3 Å². The molecule has 172 valence electrons. The van der Waals surface area contributed by atoms with Gasteiger partial charge in [0.05, 0.1) is 17.9 Å². The maximum atomic E-state index is 13.2. The van der Waals surface area contributed by atoms with Crippen LogP contribution in [0.5, 0.6) is 0 Å². The molecule has 4 bridgehead atoms. The number of rotatable bonds is 8. The molecule has 3 N–H and O–H groups in total. The van der Waals surface area contributed by atoms with Crippen LogP contribution in [0.15, 0.2) is 48.8 Å². The molecule has 0 saturated heterocycles. The molecule has 0 amide bonds. The van der Waals surface area contributed by atoms with E-state index < -0.39 is 0 Å². The van der Waals surface area contributed by atoms with Crippen LogP contribution in [0.2, 0.25) is 0 Å². The summed E-state index contributed by atoms with van der Waals surface area (Å²) in [4.78, 5) is 20.9. The Bertz CT molecular complexity index is 1140. The number of nitrogens with zero attached hydrogens (tertiary/aromatic N) is 1. The molecule has 0 radical (unpaired) electrons. The van der Waals surface area contributed by atoms with Gasteiger partial charge >= 0.3 is 0 Å². The SMILES string of the molecule is O=C(COCc1ccccc1)c1cnc2[nH]ccc2c1NC1[C@@H]2CC3C[C@H]1C[C@@](CO)(C3)C2. The van der Waals surface area contributed by atoms with Gasteiger partial charge < -0.3 is 20.1 Å². The third kappa shape index (κ3) is 3.75. The maximum absolute atomic E-state index is 13.2. The van der Waals surface area contributed by atoms with Gasteiger partial charge in [-0.05, 0) is 66.9 Å². The lowest BCUT2D eigenvalue weighted by molar-refractivity contribution is -0.0868. The van der Waals surface area contributed by atoms with Gasteiger partial charge in [-0.1, -0.05) is 30.3 Å². The summed E-state index contributed by atoms with van der Waals surface area (Å²) in [5.74, 6) is 1.77. The molecule has 0 aliphatic heterocycles. The number of aromatic amines is 1. The Hall–Kier alpha value is -2.70. The first-order chi connectivity index (χ1) is 16.1. The number of ketones is 1. The molecule has 0 spiro atoms. The van der Waals surface area contributed by atoms with E-state index in [1.54, 1.807) is 6.20 Å². The third-order valence-corrected chi connectivity index (χ3v) is 8.28. The summed E-state index contributed by atoms with van der Waals surface area (Å²) in [6, 6.07) is 12.2.